The van der Waals surface area contributed by atoms with Crippen LogP contribution in [0.5, 0.6) is 0 Å². The molecule has 62 heavy (non-hydrogen) atoms. The highest BCUT2D eigenvalue weighted by Crippen LogP contribution is 2.47. The maximum Gasteiger partial charge on any atom is 0.252 e. The van der Waals surface area contributed by atoms with Gasteiger partial charge in [0, 0.05) is 68.3 Å². The van der Waals surface area contributed by atoms with E-state index in [2.05, 4.69) is 198 Å². The van der Waals surface area contributed by atoms with Gasteiger partial charge in [-0.3, -0.25) is 0 Å². The van der Waals surface area contributed by atoms with Gasteiger partial charge in [-0.15, -0.1) is 0 Å². The van der Waals surface area contributed by atoms with Crippen LogP contribution in [0.1, 0.15) is 81.5 Å². The van der Waals surface area contributed by atoms with Crippen molar-refractivity contribution in [1.29, 1.82) is 0 Å². The van der Waals surface area contributed by atoms with Crippen LogP contribution in [0.15, 0.2) is 154 Å². The van der Waals surface area contributed by atoms with Crippen LogP contribution in [0.2, 0.25) is 0 Å². The quantitative estimate of drug-likeness (QED) is 0.167. The lowest BCUT2D eigenvalue weighted by Crippen LogP contribution is -2.61. The molecule has 0 atom stereocenters. The lowest BCUT2D eigenvalue weighted by Gasteiger charge is -2.45. The van der Waals surface area contributed by atoms with Gasteiger partial charge >= 0.3 is 0 Å². The van der Waals surface area contributed by atoms with Crippen LogP contribution in [0.3, 0.4) is 0 Å². The third-order valence-corrected chi connectivity index (χ3v) is 13.7. The Morgan fingerprint density at radius 2 is 1.08 bits per heavy atom. The van der Waals surface area contributed by atoms with Gasteiger partial charge < -0.3 is 18.6 Å². The van der Waals surface area contributed by atoms with Gasteiger partial charge in [0.15, 0.2) is 0 Å². The highest BCUT2D eigenvalue weighted by molar-refractivity contribution is 7.00. The Balaban J connectivity index is 1.08. The molecule has 9 aromatic rings. The number of anilines is 6. The van der Waals surface area contributed by atoms with Crippen molar-refractivity contribution in [2.24, 2.45) is 0 Å². The van der Waals surface area contributed by atoms with Crippen LogP contribution in [0, 0.1) is 6.92 Å². The molecular weight excluding hydrogens is 755 g/mol. The molecule has 0 saturated heterocycles. The summed E-state index contributed by atoms with van der Waals surface area (Å²) in [4.78, 5) is 5.05. The Kier molecular flexibility index (Phi) is 7.86. The Bertz CT molecular complexity index is 3350. The van der Waals surface area contributed by atoms with E-state index < -0.39 is 0 Å². The number of hydrogen-bond acceptors (Lipinski definition) is 4. The summed E-state index contributed by atoms with van der Waals surface area (Å²) in [5, 5.41) is 3.46. The first-order valence-electron chi connectivity index (χ1n) is 22.2. The van der Waals surface area contributed by atoms with E-state index >= 15 is 0 Å². The summed E-state index contributed by atoms with van der Waals surface area (Å²) in [6.07, 6.45) is 4.29. The summed E-state index contributed by atoms with van der Waals surface area (Å²) in [6.45, 7) is 16.2. The van der Waals surface area contributed by atoms with E-state index in [0.29, 0.717) is 0 Å². The van der Waals surface area contributed by atoms with E-state index in [9.17, 15) is 0 Å². The fourth-order valence-electron chi connectivity index (χ4n) is 10.5. The Hall–Kier alpha value is -6.72. The van der Waals surface area contributed by atoms with E-state index in [0.717, 1.165) is 57.5 Å². The van der Waals surface area contributed by atoms with Crippen molar-refractivity contribution >= 4 is 95.7 Å². The first kappa shape index (κ1) is 37.1. The molecule has 0 N–H and O–H groups in total. The maximum absolute atomic E-state index is 6.54. The van der Waals surface area contributed by atoms with Gasteiger partial charge in [-0.05, 0) is 129 Å². The number of benzene rings is 7. The smallest absolute Gasteiger partial charge is 0.252 e. The van der Waals surface area contributed by atoms with E-state index in [1.165, 1.54) is 77.9 Å². The molecule has 4 heterocycles. The van der Waals surface area contributed by atoms with E-state index in [-0.39, 0.29) is 17.5 Å². The number of aryl methyl sites for hydroxylation is 2. The second-order valence-corrected chi connectivity index (χ2v) is 19.7. The normalized spacial score (nSPS) is 14.6. The molecule has 0 fully saturated rings. The minimum Gasteiger partial charge on any atom is -0.460 e. The molecule has 2 aliphatic heterocycles. The zero-order valence-corrected chi connectivity index (χ0v) is 36.6. The number of hydrogen-bond donors (Lipinski definition) is 0. The van der Waals surface area contributed by atoms with E-state index in [4.69, 9.17) is 8.83 Å². The standard InChI is InChI=1S/C57H49BN2O2/c1-34-29-48-55-49(30-34)60(39-25-26-42-41-13-8-10-16-50(41)62-53(42)33-39)47-32-37(57(5,6)7)22-28-45(47)58(55)44-27-21-36(56(2,3)4)31-46(44)59(48)38-23-19-35(20-24-38)40-15-12-18-52-54(40)43-14-9-11-17-51(43)61-52/h8-11,13-17,19-33H,12,18H2,1-7H3. The molecule has 0 spiro atoms. The number of allylic oxidation sites excluding steroid dienone is 1. The topological polar surface area (TPSA) is 32.8 Å². The fraction of sp³-hybridized carbons (Fsp3) is 0.193. The second-order valence-electron chi connectivity index (χ2n) is 19.7. The highest BCUT2D eigenvalue weighted by Gasteiger charge is 2.44. The van der Waals surface area contributed by atoms with Crippen molar-refractivity contribution in [2.45, 2.75) is 72.1 Å². The summed E-state index contributed by atoms with van der Waals surface area (Å²) < 4.78 is 12.9. The van der Waals surface area contributed by atoms with Gasteiger partial charge in [-0.1, -0.05) is 120 Å². The zero-order valence-electron chi connectivity index (χ0n) is 36.6. The minimum atomic E-state index is -0.0313. The monoisotopic (exact) mass is 804 g/mol. The van der Waals surface area contributed by atoms with Gasteiger partial charge in [0.05, 0.1) is 0 Å². The predicted molar refractivity (Wildman–Crippen MR) is 261 cm³/mol. The molecule has 0 unspecified atom stereocenters. The molecule has 4 nitrogen and oxygen atoms in total. The van der Waals surface area contributed by atoms with Crippen molar-refractivity contribution < 1.29 is 8.83 Å². The average molecular weight is 805 g/mol. The molecular formula is C57H49BN2O2. The summed E-state index contributed by atoms with van der Waals surface area (Å²) >= 11 is 0. The molecule has 302 valence electrons. The lowest BCUT2D eigenvalue weighted by atomic mass is 9.33. The van der Waals surface area contributed by atoms with E-state index in [1.54, 1.807) is 0 Å². The van der Waals surface area contributed by atoms with Crippen molar-refractivity contribution in [3.8, 4) is 0 Å². The van der Waals surface area contributed by atoms with Crippen molar-refractivity contribution in [2.75, 3.05) is 9.80 Å². The largest absolute Gasteiger partial charge is 0.460 e. The number of fused-ring (bicyclic) bond motifs is 10. The highest BCUT2D eigenvalue weighted by atomic mass is 16.3. The van der Waals surface area contributed by atoms with Gasteiger partial charge in [0.2, 0.25) is 0 Å². The average Bonchev–Trinajstić information content (AvgIpc) is 3.83. The molecule has 2 aromatic heterocycles. The summed E-state index contributed by atoms with van der Waals surface area (Å²) in [5.41, 5.74) is 21.3. The Labute approximate surface area is 364 Å². The van der Waals surface area contributed by atoms with Crippen molar-refractivity contribution in [1.82, 2.24) is 0 Å². The Morgan fingerprint density at radius 1 is 0.516 bits per heavy atom. The molecule has 12 rings (SSSR count). The fourth-order valence-corrected chi connectivity index (χ4v) is 10.5. The van der Waals surface area contributed by atoms with E-state index in [1.807, 2.05) is 6.07 Å². The third-order valence-electron chi connectivity index (χ3n) is 13.7. The number of para-hydroxylation sites is 2. The maximum atomic E-state index is 6.54. The molecule has 1 aliphatic carbocycles. The minimum absolute atomic E-state index is 0.0285. The Morgan fingerprint density at radius 3 is 1.73 bits per heavy atom. The van der Waals surface area contributed by atoms with Crippen molar-refractivity contribution in [3.63, 3.8) is 0 Å². The predicted octanol–water partition coefficient (Wildman–Crippen LogP) is 13.7. The third kappa shape index (κ3) is 5.53. The second kappa shape index (κ2) is 13.1. The summed E-state index contributed by atoms with van der Waals surface area (Å²) in [7, 11) is 0. The lowest BCUT2D eigenvalue weighted by molar-refractivity contribution is 0.545. The first-order valence-corrected chi connectivity index (χ1v) is 22.2. The molecule has 3 aliphatic rings. The zero-order chi connectivity index (χ0) is 42.2. The molecule has 7 aromatic carbocycles. The van der Waals surface area contributed by atoms with Crippen LogP contribution in [0.25, 0.3) is 38.5 Å². The van der Waals surface area contributed by atoms with Crippen molar-refractivity contribution in [3.05, 3.63) is 179 Å². The van der Waals surface area contributed by atoms with Gasteiger partial charge in [-0.25, -0.2) is 0 Å². The molecule has 0 bridgehead atoms. The van der Waals surface area contributed by atoms with Crippen LogP contribution >= 0.6 is 0 Å². The molecule has 0 radical (unpaired) electrons. The first-order chi connectivity index (χ1) is 29.9. The van der Waals surface area contributed by atoms with Crippen LogP contribution < -0.4 is 26.2 Å². The van der Waals surface area contributed by atoms with Gasteiger partial charge in [0.1, 0.15) is 22.5 Å². The van der Waals surface area contributed by atoms with Crippen LogP contribution in [0.4, 0.5) is 34.1 Å². The number of rotatable bonds is 3. The number of furan rings is 2. The summed E-state index contributed by atoms with van der Waals surface area (Å²) in [5.74, 6) is 1.09. The van der Waals surface area contributed by atoms with Gasteiger partial charge in [-0.2, -0.15) is 0 Å². The molecule has 5 heteroatoms. The van der Waals surface area contributed by atoms with Crippen LogP contribution in [-0.2, 0) is 17.3 Å². The number of nitrogens with zero attached hydrogens (tertiary/aromatic N) is 2. The van der Waals surface area contributed by atoms with Gasteiger partial charge in [0.25, 0.3) is 6.71 Å². The SMILES string of the molecule is Cc1cc2c3c(c1)N(c1ccc4c(c1)oc1ccccc14)c1cc(C(C)(C)C)ccc1B3c1ccc(C(C)(C)C)cc1N2c1ccc(C2=CCCc3oc4ccccc4c32)cc1. The molecule has 0 amide bonds. The molecule has 0 saturated carbocycles. The van der Waals surface area contributed by atoms with Crippen LogP contribution in [-0.4, -0.2) is 6.71 Å². The summed E-state index contributed by atoms with van der Waals surface area (Å²) in [6, 6.07) is 52.2.